The van der Waals surface area contributed by atoms with Crippen molar-refractivity contribution in [3.63, 3.8) is 0 Å². The van der Waals surface area contributed by atoms with Crippen LogP contribution < -0.4 is 20.6 Å². The zero-order valence-electron chi connectivity index (χ0n) is 19.0. The minimum Gasteiger partial charge on any atom is -0.457 e. The van der Waals surface area contributed by atoms with Gasteiger partial charge in [0.2, 0.25) is 0 Å². The quantitative estimate of drug-likeness (QED) is 0.295. The number of hydrogen-bond donors (Lipinski definition) is 2. The Hall–Kier alpha value is -5.10. The molecule has 6 nitrogen and oxygen atoms in total. The number of pyridine rings is 2. The molecule has 0 aliphatic heterocycles. The van der Waals surface area contributed by atoms with Crippen molar-refractivity contribution in [2.24, 2.45) is 0 Å². The lowest BCUT2D eigenvalue weighted by atomic mass is 10.0. The Bertz CT molecular complexity index is 1820. The molecule has 0 saturated heterocycles. The van der Waals surface area contributed by atoms with Crippen LogP contribution in [0.1, 0.15) is 0 Å². The second-order valence-electron chi connectivity index (χ2n) is 8.27. The first kappa shape index (κ1) is 21.4. The number of ether oxygens (including phenoxy) is 2. The Morgan fingerprint density at radius 1 is 0.556 bits per heavy atom. The van der Waals surface area contributed by atoms with Crippen molar-refractivity contribution >= 4 is 21.8 Å². The maximum Gasteiger partial charge on any atom is 0.260 e. The van der Waals surface area contributed by atoms with Gasteiger partial charge in [-0.15, -0.1) is 0 Å². The largest absolute Gasteiger partial charge is 0.457 e. The molecule has 2 N–H and O–H groups in total. The summed E-state index contributed by atoms with van der Waals surface area (Å²) in [4.78, 5) is 32.5. The topological polar surface area (TPSA) is 84.2 Å². The fourth-order valence-electron chi connectivity index (χ4n) is 4.27. The van der Waals surface area contributed by atoms with E-state index in [9.17, 15) is 9.59 Å². The molecule has 2 aromatic heterocycles. The number of fused-ring (bicyclic) bond motifs is 2. The maximum atomic E-state index is 13.5. The number of rotatable bonds is 5. The molecule has 2 heterocycles. The van der Waals surface area contributed by atoms with Crippen LogP contribution in [0.4, 0.5) is 0 Å². The summed E-state index contributed by atoms with van der Waals surface area (Å²) in [7, 11) is 0. The van der Waals surface area contributed by atoms with Crippen LogP contribution in [0, 0.1) is 0 Å². The predicted octanol–water partition coefficient (Wildman–Crippen LogP) is 6.62. The summed E-state index contributed by atoms with van der Waals surface area (Å²) in [6.07, 6.45) is 0. The number of H-pyrrole nitrogens is 2. The highest BCUT2D eigenvalue weighted by Gasteiger charge is 2.22. The minimum absolute atomic E-state index is 0.127. The first-order chi connectivity index (χ1) is 17.7. The van der Waals surface area contributed by atoms with E-state index in [0.717, 1.165) is 5.39 Å². The van der Waals surface area contributed by atoms with Gasteiger partial charge >= 0.3 is 0 Å². The van der Waals surface area contributed by atoms with Crippen molar-refractivity contribution in [1.82, 2.24) is 9.97 Å². The van der Waals surface area contributed by atoms with E-state index >= 15 is 0 Å². The zero-order chi connectivity index (χ0) is 24.5. The summed E-state index contributed by atoms with van der Waals surface area (Å²) >= 11 is 0. The SMILES string of the molecule is O=c1[nH]c2ccccc2cc1-c1c(Oc2ccccc2)c2c(Oc3ccccc3)cccc2[nH]c1=O. The van der Waals surface area contributed by atoms with E-state index in [1.165, 1.54) is 0 Å². The third-order valence-electron chi connectivity index (χ3n) is 5.91. The molecule has 0 spiro atoms. The van der Waals surface area contributed by atoms with Gasteiger partial charge in [0.25, 0.3) is 11.1 Å². The minimum atomic E-state index is -0.439. The lowest BCUT2D eigenvalue weighted by molar-refractivity contribution is 0.472. The molecule has 36 heavy (non-hydrogen) atoms. The lowest BCUT2D eigenvalue weighted by Crippen LogP contribution is -2.18. The molecule has 0 unspecified atom stereocenters. The standard InChI is InChI=1S/C30H20N2O4/c33-29-22(18-19-10-7-8-15-23(19)31-29)26-28(36-21-13-5-2-6-14-21)27-24(32-30(26)34)16-9-17-25(27)35-20-11-3-1-4-12-20/h1-18H,(H,31,33)(H,32,34). The number of benzene rings is 4. The van der Waals surface area contributed by atoms with E-state index in [1.54, 1.807) is 36.4 Å². The van der Waals surface area contributed by atoms with Crippen LogP contribution in [-0.2, 0) is 0 Å². The van der Waals surface area contributed by atoms with E-state index in [2.05, 4.69) is 9.97 Å². The Kier molecular flexibility index (Phi) is 5.31. The molecule has 0 saturated carbocycles. The molecule has 6 aromatic rings. The van der Waals surface area contributed by atoms with Crippen molar-refractivity contribution in [2.45, 2.75) is 0 Å². The molecular weight excluding hydrogens is 452 g/mol. The third kappa shape index (κ3) is 3.91. The van der Waals surface area contributed by atoms with Gasteiger partial charge in [0.1, 0.15) is 17.2 Å². The van der Waals surface area contributed by atoms with Gasteiger partial charge in [-0.3, -0.25) is 9.59 Å². The summed E-state index contributed by atoms with van der Waals surface area (Å²) in [6, 6.07) is 33.0. The second kappa shape index (κ2) is 8.92. The first-order valence-corrected chi connectivity index (χ1v) is 11.4. The fraction of sp³-hybridized carbons (Fsp3) is 0. The van der Waals surface area contributed by atoms with Gasteiger partial charge in [-0.1, -0.05) is 60.7 Å². The van der Waals surface area contributed by atoms with Gasteiger partial charge in [0, 0.05) is 5.52 Å². The molecule has 0 atom stereocenters. The van der Waals surface area contributed by atoms with E-state index in [1.807, 2.05) is 72.8 Å². The normalized spacial score (nSPS) is 11.0. The van der Waals surface area contributed by atoms with Gasteiger partial charge in [0.15, 0.2) is 5.75 Å². The van der Waals surface area contributed by atoms with Crippen LogP contribution in [0.3, 0.4) is 0 Å². The van der Waals surface area contributed by atoms with Gasteiger partial charge in [-0.2, -0.15) is 0 Å². The average Bonchev–Trinajstić information content (AvgIpc) is 2.90. The van der Waals surface area contributed by atoms with Gasteiger partial charge in [-0.05, 0) is 53.9 Å². The lowest BCUT2D eigenvalue weighted by Gasteiger charge is -2.17. The molecule has 6 heteroatoms. The van der Waals surface area contributed by atoms with Crippen molar-refractivity contribution in [3.8, 4) is 34.1 Å². The zero-order valence-corrected chi connectivity index (χ0v) is 19.0. The van der Waals surface area contributed by atoms with E-state index < -0.39 is 11.1 Å². The molecule has 0 aliphatic carbocycles. The molecule has 0 radical (unpaired) electrons. The highest BCUT2D eigenvalue weighted by atomic mass is 16.5. The first-order valence-electron chi connectivity index (χ1n) is 11.4. The summed E-state index contributed by atoms with van der Waals surface area (Å²) in [5, 5.41) is 1.35. The Morgan fingerprint density at radius 2 is 1.17 bits per heavy atom. The monoisotopic (exact) mass is 472 g/mol. The smallest absolute Gasteiger partial charge is 0.260 e. The third-order valence-corrected chi connectivity index (χ3v) is 5.91. The highest BCUT2D eigenvalue weighted by Crippen LogP contribution is 2.41. The van der Waals surface area contributed by atoms with Gasteiger partial charge in [0.05, 0.1) is 22.0 Å². The molecular formula is C30H20N2O4. The average molecular weight is 473 g/mol. The Labute approximate surface area is 205 Å². The fourth-order valence-corrected chi connectivity index (χ4v) is 4.27. The van der Waals surface area contributed by atoms with Crippen LogP contribution in [0.25, 0.3) is 32.9 Å². The van der Waals surface area contributed by atoms with E-state index in [0.29, 0.717) is 33.7 Å². The highest BCUT2D eigenvalue weighted by molar-refractivity contribution is 5.98. The van der Waals surface area contributed by atoms with Crippen molar-refractivity contribution < 1.29 is 9.47 Å². The van der Waals surface area contributed by atoms with Crippen LogP contribution in [-0.4, -0.2) is 9.97 Å². The Balaban J connectivity index is 1.67. The van der Waals surface area contributed by atoms with E-state index in [-0.39, 0.29) is 16.9 Å². The summed E-state index contributed by atoms with van der Waals surface area (Å²) in [5.74, 6) is 1.89. The van der Waals surface area contributed by atoms with Crippen LogP contribution in [0.2, 0.25) is 0 Å². The predicted molar refractivity (Wildman–Crippen MR) is 141 cm³/mol. The van der Waals surface area contributed by atoms with E-state index in [4.69, 9.17) is 9.47 Å². The summed E-state index contributed by atoms with van der Waals surface area (Å²) in [5.41, 5.74) is 0.714. The Morgan fingerprint density at radius 3 is 1.92 bits per heavy atom. The molecule has 6 rings (SSSR count). The molecule has 174 valence electrons. The van der Waals surface area contributed by atoms with Crippen molar-refractivity contribution in [1.29, 1.82) is 0 Å². The number of nitrogens with one attached hydrogen (secondary N) is 2. The second-order valence-corrected chi connectivity index (χ2v) is 8.27. The van der Waals surface area contributed by atoms with Crippen molar-refractivity contribution in [3.05, 3.63) is 130 Å². The molecule has 0 amide bonds. The molecule has 0 aliphatic rings. The number of para-hydroxylation sites is 3. The number of hydrogen-bond acceptors (Lipinski definition) is 4. The number of aromatic amines is 2. The van der Waals surface area contributed by atoms with Crippen LogP contribution in [0.15, 0.2) is 119 Å². The van der Waals surface area contributed by atoms with Crippen LogP contribution >= 0.6 is 0 Å². The number of aromatic nitrogens is 2. The molecule has 4 aromatic carbocycles. The maximum absolute atomic E-state index is 13.5. The summed E-state index contributed by atoms with van der Waals surface area (Å²) in [6.45, 7) is 0. The van der Waals surface area contributed by atoms with Crippen LogP contribution in [0.5, 0.6) is 23.0 Å². The molecule has 0 fully saturated rings. The van der Waals surface area contributed by atoms with Gasteiger partial charge in [-0.25, -0.2) is 0 Å². The van der Waals surface area contributed by atoms with Gasteiger partial charge < -0.3 is 19.4 Å². The summed E-state index contributed by atoms with van der Waals surface area (Å²) < 4.78 is 12.6. The molecule has 0 bridgehead atoms. The van der Waals surface area contributed by atoms with Crippen molar-refractivity contribution in [2.75, 3.05) is 0 Å².